The van der Waals surface area contributed by atoms with E-state index in [0.717, 1.165) is 17.8 Å². The third-order valence-corrected chi connectivity index (χ3v) is 5.83. The summed E-state index contributed by atoms with van der Waals surface area (Å²) in [5.74, 6) is 2.85. The van der Waals surface area contributed by atoms with Crippen LogP contribution in [0.25, 0.3) is 0 Å². The topological polar surface area (TPSA) is 67.6 Å². The first-order valence-electron chi connectivity index (χ1n) is 7.85. The quantitative estimate of drug-likeness (QED) is 0.915. The number of aromatic nitrogens is 2. The molecule has 20 heavy (non-hydrogen) atoms. The molecule has 4 aliphatic carbocycles. The average Bonchev–Trinajstić information content (AvgIpc) is 2.86. The minimum Gasteiger partial charge on any atom is -0.314 e. The molecule has 0 radical (unpaired) electrons. The molecular weight excluding hydrogens is 248 g/mol. The highest BCUT2D eigenvalue weighted by molar-refractivity contribution is 5.25. The molecule has 0 aliphatic heterocycles. The molecule has 0 spiro atoms. The van der Waals surface area contributed by atoms with Crippen molar-refractivity contribution in [2.45, 2.75) is 56.5 Å². The van der Waals surface area contributed by atoms with Crippen molar-refractivity contribution in [2.24, 2.45) is 23.5 Å². The highest BCUT2D eigenvalue weighted by atomic mass is 15.3. The van der Waals surface area contributed by atoms with Crippen LogP contribution in [0.3, 0.4) is 0 Å². The molecule has 4 aliphatic rings. The summed E-state index contributed by atoms with van der Waals surface area (Å²) >= 11 is 0. The second kappa shape index (κ2) is 4.33. The minimum atomic E-state index is -0.459. The van der Waals surface area contributed by atoms with Gasteiger partial charge >= 0.3 is 0 Å². The highest BCUT2D eigenvalue weighted by Crippen LogP contribution is 2.60. The lowest BCUT2D eigenvalue weighted by Crippen LogP contribution is -2.48. The van der Waals surface area contributed by atoms with Crippen LogP contribution < -0.4 is 5.73 Å². The second-order valence-electron chi connectivity index (χ2n) is 7.38. The van der Waals surface area contributed by atoms with E-state index in [4.69, 9.17) is 11.0 Å². The molecule has 0 amide bonds. The van der Waals surface area contributed by atoms with Gasteiger partial charge in [-0.15, -0.1) is 0 Å². The van der Waals surface area contributed by atoms with Crippen molar-refractivity contribution in [3.8, 4) is 6.07 Å². The van der Waals surface area contributed by atoms with Gasteiger partial charge in [0.25, 0.3) is 0 Å². The Hall–Kier alpha value is -1.34. The van der Waals surface area contributed by atoms with Gasteiger partial charge in [0, 0.05) is 6.20 Å². The van der Waals surface area contributed by atoms with Crippen molar-refractivity contribution in [3.05, 3.63) is 18.0 Å². The lowest BCUT2D eigenvalue weighted by Gasteiger charge is -2.56. The van der Waals surface area contributed by atoms with E-state index < -0.39 is 6.04 Å². The summed E-state index contributed by atoms with van der Waals surface area (Å²) in [7, 11) is 0. The third kappa shape index (κ3) is 1.88. The standard InChI is InChI=1S/C16H22N4/c17-7-15(18)10-20-9-14(8-19-20)16-4-11-1-12(5-16)3-13(2-11)6-16/h8-9,11-13,15H,1-6,10,18H2. The maximum Gasteiger partial charge on any atom is 0.113 e. The maximum absolute atomic E-state index is 8.82. The van der Waals surface area contributed by atoms with Crippen LogP contribution in [0.1, 0.15) is 44.1 Å². The van der Waals surface area contributed by atoms with Crippen LogP contribution in [0.4, 0.5) is 0 Å². The Bertz CT molecular complexity index is 518. The molecule has 4 nitrogen and oxygen atoms in total. The van der Waals surface area contributed by atoms with Crippen LogP contribution >= 0.6 is 0 Å². The molecule has 1 aromatic heterocycles. The Morgan fingerprint density at radius 1 is 1.30 bits per heavy atom. The van der Waals surface area contributed by atoms with Gasteiger partial charge in [0.2, 0.25) is 0 Å². The van der Waals surface area contributed by atoms with E-state index in [1.54, 1.807) is 0 Å². The van der Waals surface area contributed by atoms with Gasteiger partial charge in [0.05, 0.1) is 18.8 Å². The zero-order valence-electron chi connectivity index (χ0n) is 11.8. The van der Waals surface area contributed by atoms with Crippen LogP contribution in [0.15, 0.2) is 12.4 Å². The fourth-order valence-corrected chi connectivity index (χ4v) is 5.44. The van der Waals surface area contributed by atoms with Crippen molar-refractivity contribution in [2.75, 3.05) is 0 Å². The summed E-state index contributed by atoms with van der Waals surface area (Å²) in [6.07, 6.45) is 12.7. The number of rotatable bonds is 3. The highest BCUT2D eigenvalue weighted by Gasteiger charge is 2.51. The summed E-state index contributed by atoms with van der Waals surface area (Å²) in [5.41, 5.74) is 7.50. The minimum absolute atomic E-state index is 0.393. The lowest BCUT2D eigenvalue weighted by atomic mass is 9.48. The first-order chi connectivity index (χ1) is 9.67. The van der Waals surface area contributed by atoms with E-state index in [2.05, 4.69) is 17.4 Å². The fraction of sp³-hybridized carbons (Fsp3) is 0.750. The Kier molecular flexibility index (Phi) is 2.68. The van der Waals surface area contributed by atoms with Gasteiger partial charge in [-0.05, 0) is 67.3 Å². The van der Waals surface area contributed by atoms with E-state index >= 15 is 0 Å². The molecule has 0 saturated heterocycles. The number of nitrogens with two attached hydrogens (primary N) is 1. The molecule has 1 atom stereocenters. The number of hydrogen-bond donors (Lipinski definition) is 1. The van der Waals surface area contributed by atoms with E-state index in [-0.39, 0.29) is 0 Å². The maximum atomic E-state index is 8.82. The molecule has 1 heterocycles. The Labute approximate surface area is 119 Å². The van der Waals surface area contributed by atoms with Gasteiger partial charge in [-0.25, -0.2) is 0 Å². The van der Waals surface area contributed by atoms with E-state index in [1.165, 1.54) is 44.1 Å². The summed E-state index contributed by atoms with van der Waals surface area (Å²) in [4.78, 5) is 0. The molecule has 0 aromatic carbocycles. The predicted octanol–water partition coefficient (Wildman–Crippen LogP) is 2.20. The monoisotopic (exact) mass is 270 g/mol. The van der Waals surface area contributed by atoms with E-state index in [9.17, 15) is 0 Å². The molecule has 4 fully saturated rings. The molecule has 106 valence electrons. The van der Waals surface area contributed by atoms with Gasteiger partial charge in [-0.3, -0.25) is 4.68 Å². The van der Waals surface area contributed by atoms with Crippen LogP contribution in [0, 0.1) is 29.1 Å². The van der Waals surface area contributed by atoms with Gasteiger partial charge in [-0.1, -0.05) is 0 Å². The third-order valence-electron chi connectivity index (χ3n) is 5.83. The average molecular weight is 270 g/mol. The number of hydrogen-bond acceptors (Lipinski definition) is 3. The van der Waals surface area contributed by atoms with Crippen LogP contribution in [-0.4, -0.2) is 15.8 Å². The van der Waals surface area contributed by atoms with Crippen LogP contribution in [0.5, 0.6) is 0 Å². The van der Waals surface area contributed by atoms with Crippen LogP contribution in [0.2, 0.25) is 0 Å². The largest absolute Gasteiger partial charge is 0.314 e. The SMILES string of the molecule is N#CC(N)Cn1cc(C23CC4CC(CC(C4)C2)C3)cn1. The van der Waals surface area contributed by atoms with Gasteiger partial charge in [0.1, 0.15) is 6.04 Å². The Morgan fingerprint density at radius 2 is 1.90 bits per heavy atom. The van der Waals surface area contributed by atoms with Gasteiger partial charge < -0.3 is 5.73 Å². The zero-order chi connectivity index (χ0) is 13.7. The van der Waals surface area contributed by atoms with E-state index in [0.29, 0.717) is 12.0 Å². The molecular formula is C16H22N4. The molecule has 5 rings (SSSR count). The molecule has 2 N–H and O–H groups in total. The molecule has 1 unspecified atom stereocenters. The van der Waals surface area contributed by atoms with Gasteiger partial charge in [-0.2, -0.15) is 10.4 Å². The molecule has 4 heteroatoms. The number of nitriles is 1. The van der Waals surface area contributed by atoms with Crippen LogP contribution in [-0.2, 0) is 12.0 Å². The second-order valence-corrected chi connectivity index (χ2v) is 7.38. The Morgan fingerprint density at radius 3 is 2.45 bits per heavy atom. The zero-order valence-corrected chi connectivity index (χ0v) is 11.8. The van der Waals surface area contributed by atoms with Crippen molar-refractivity contribution in [1.82, 2.24) is 9.78 Å². The fourth-order valence-electron chi connectivity index (χ4n) is 5.44. The summed E-state index contributed by atoms with van der Waals surface area (Å²) in [6, 6.07) is 1.62. The lowest BCUT2D eigenvalue weighted by molar-refractivity contribution is -0.00523. The van der Waals surface area contributed by atoms with Crippen molar-refractivity contribution >= 4 is 0 Å². The first kappa shape index (κ1) is 12.4. The Balaban J connectivity index is 1.60. The molecule has 4 bridgehead atoms. The van der Waals surface area contributed by atoms with E-state index in [1.807, 2.05) is 10.9 Å². The van der Waals surface area contributed by atoms with Gasteiger partial charge in [0.15, 0.2) is 0 Å². The normalized spacial score (nSPS) is 39.7. The molecule has 4 saturated carbocycles. The summed E-state index contributed by atoms with van der Waals surface area (Å²) in [5, 5.41) is 13.3. The van der Waals surface area contributed by atoms with Crippen molar-refractivity contribution < 1.29 is 0 Å². The van der Waals surface area contributed by atoms with Crippen molar-refractivity contribution in [1.29, 1.82) is 5.26 Å². The molecule has 1 aromatic rings. The number of nitrogens with zero attached hydrogens (tertiary/aromatic N) is 3. The summed E-state index contributed by atoms with van der Waals surface area (Å²) in [6.45, 7) is 0.503. The predicted molar refractivity (Wildman–Crippen MR) is 75.7 cm³/mol. The summed E-state index contributed by atoms with van der Waals surface area (Å²) < 4.78 is 1.86. The smallest absolute Gasteiger partial charge is 0.113 e. The first-order valence-corrected chi connectivity index (χ1v) is 7.85. The van der Waals surface area contributed by atoms with Crippen molar-refractivity contribution in [3.63, 3.8) is 0 Å².